The van der Waals surface area contributed by atoms with Crippen LogP contribution in [0.25, 0.3) is 21.5 Å². The van der Waals surface area contributed by atoms with Gasteiger partial charge in [-0.1, -0.05) is 68.8 Å². The van der Waals surface area contributed by atoms with Crippen LogP contribution in [0.5, 0.6) is 5.75 Å². The number of imide groups is 1. The first-order valence-corrected chi connectivity index (χ1v) is 29.3. The van der Waals surface area contributed by atoms with E-state index in [-0.39, 0.29) is 82.9 Å². The number of benzene rings is 4. The van der Waals surface area contributed by atoms with Crippen molar-refractivity contribution in [3.63, 3.8) is 0 Å². The Balaban J connectivity index is 0.857. The van der Waals surface area contributed by atoms with Gasteiger partial charge >= 0.3 is 7.60 Å². The molecule has 7 amide bonds. The molecular weight excluding hydrogens is 1010 g/mol. The van der Waals surface area contributed by atoms with Gasteiger partial charge in [-0.2, -0.15) is 11.8 Å². The number of carbonyl (C=O) groups is 7. The minimum Gasteiger partial charge on any atom is -0.424 e. The Hall–Kier alpha value is -5.19. The zero-order valence-corrected chi connectivity index (χ0v) is 44.7. The van der Waals surface area contributed by atoms with Crippen molar-refractivity contribution in [2.45, 2.75) is 101 Å². The molecule has 4 N–H and O–H groups in total. The number of nitrogens with zero attached hydrogens (tertiary/aromatic N) is 3. The topological polar surface area (TPSA) is 212 Å². The van der Waals surface area contributed by atoms with Crippen LogP contribution in [-0.4, -0.2) is 113 Å². The number of thioether (sulfide) groups is 1. The Morgan fingerprint density at radius 1 is 0.795 bits per heavy atom. The van der Waals surface area contributed by atoms with Crippen molar-refractivity contribution in [3.05, 3.63) is 71.8 Å². The smallest absolute Gasteiger partial charge is 0.373 e. The number of nitrogens with one attached hydrogen (secondary N) is 3. The highest BCUT2D eigenvalue weighted by atomic mass is 35.5. The van der Waals surface area contributed by atoms with Gasteiger partial charge in [-0.3, -0.25) is 38.5 Å². The summed E-state index contributed by atoms with van der Waals surface area (Å²) in [7, 11) is -3.96. The van der Waals surface area contributed by atoms with Crippen LogP contribution in [0.15, 0.2) is 60.7 Å². The minimum absolute atomic E-state index is 0.116. The molecule has 0 aromatic heterocycles. The average Bonchev–Trinajstić information content (AvgIpc) is 3.98. The Morgan fingerprint density at radius 2 is 1.34 bits per heavy atom. The molecule has 6 unspecified atom stereocenters. The maximum Gasteiger partial charge on any atom is 0.373 e. The molecule has 4 aromatic carbocycles. The Labute approximate surface area is 438 Å². The molecule has 73 heavy (non-hydrogen) atoms. The average molecular weight is 1080 g/mol. The first-order valence-electron chi connectivity index (χ1n) is 24.9. The third-order valence-corrected chi connectivity index (χ3v) is 17.6. The second-order valence-corrected chi connectivity index (χ2v) is 24.4. The highest BCUT2D eigenvalue weighted by Gasteiger charge is 2.76. The fourth-order valence-corrected chi connectivity index (χ4v) is 13.5. The molecule has 4 aromatic rings. The maximum absolute atomic E-state index is 14.9. The Morgan fingerprint density at radius 3 is 1.88 bits per heavy atom. The summed E-state index contributed by atoms with van der Waals surface area (Å²) in [4.78, 5) is 110. The summed E-state index contributed by atoms with van der Waals surface area (Å²) < 4.78 is 18.1. The first-order chi connectivity index (χ1) is 34.7. The minimum atomic E-state index is -3.96. The number of hydrogen-bond acceptors (Lipinski definition) is 10. The van der Waals surface area contributed by atoms with Crippen molar-refractivity contribution in [1.29, 1.82) is 0 Å². The second-order valence-electron chi connectivity index (χ2n) is 20.9. The molecule has 6 atom stereocenters. The monoisotopic (exact) mass is 1070 g/mol. The number of amides is 7. The Kier molecular flexibility index (Phi) is 14.8. The van der Waals surface area contributed by atoms with E-state index in [0.29, 0.717) is 80.6 Å². The predicted molar refractivity (Wildman–Crippen MR) is 285 cm³/mol. The largest absolute Gasteiger partial charge is 0.424 e. The summed E-state index contributed by atoms with van der Waals surface area (Å²) in [5.41, 5.74) is 1.85. The van der Waals surface area contributed by atoms with E-state index in [2.05, 4.69) is 16.0 Å². The number of alkyl halides is 2. The lowest BCUT2D eigenvalue weighted by atomic mass is 9.34. The van der Waals surface area contributed by atoms with Crippen molar-refractivity contribution in [2.24, 2.45) is 16.7 Å². The number of likely N-dealkylation sites (tertiary alicyclic amines) is 1. The lowest BCUT2D eigenvalue weighted by Crippen LogP contribution is -2.73. The third-order valence-electron chi connectivity index (χ3n) is 15.4. The highest BCUT2D eigenvalue weighted by molar-refractivity contribution is 8.00. The molecule has 388 valence electrons. The Bertz CT molecular complexity index is 2980. The van der Waals surface area contributed by atoms with Crippen LogP contribution in [-0.2, 0) is 38.1 Å². The lowest BCUT2D eigenvalue weighted by Gasteiger charge is -2.69. The molecule has 20 heteroatoms. The van der Waals surface area contributed by atoms with Crippen molar-refractivity contribution >= 4 is 123 Å². The summed E-state index contributed by atoms with van der Waals surface area (Å²) in [6, 6.07) is 16.5. The van der Waals surface area contributed by atoms with Crippen LogP contribution in [0.1, 0.15) is 95.1 Å². The van der Waals surface area contributed by atoms with E-state index in [9.17, 15) is 43.0 Å². The van der Waals surface area contributed by atoms with Gasteiger partial charge in [-0.05, 0) is 79.2 Å². The fraction of sp³-hybridized carbons (Fsp3) is 0.491. The van der Waals surface area contributed by atoms with E-state index in [0.717, 1.165) is 34.0 Å². The SMILES string of the molecule is CSC1CC(=O)N(CCCCCC(=O)NC(C(=O)NC(C)C(=O)Nc2cc3c(c4ccccc24)C(CCl)CN3C(=O)C23CC(C(=O)N4CC(CCl)c5c4cc(OP(C)(=O)O)c4ccccc54)(C2)C3)C(C)C)C1=O. The van der Waals surface area contributed by atoms with E-state index in [4.69, 9.17) is 27.7 Å². The molecule has 6 aliphatic rings. The fourth-order valence-electron chi connectivity index (χ4n) is 11.9. The molecule has 3 aliphatic carbocycles. The molecule has 10 rings (SSSR count). The van der Waals surface area contributed by atoms with E-state index in [1.807, 2.05) is 54.8 Å². The lowest BCUT2D eigenvalue weighted by molar-refractivity contribution is -0.205. The van der Waals surface area contributed by atoms with Crippen LogP contribution in [0, 0.1) is 16.7 Å². The number of anilines is 3. The van der Waals surface area contributed by atoms with Crippen LogP contribution in [0.2, 0.25) is 0 Å². The molecule has 3 saturated carbocycles. The molecule has 1 saturated heterocycles. The summed E-state index contributed by atoms with van der Waals surface area (Å²) in [5.74, 6) is -1.95. The van der Waals surface area contributed by atoms with Crippen molar-refractivity contribution in [3.8, 4) is 5.75 Å². The first kappa shape index (κ1) is 52.7. The van der Waals surface area contributed by atoms with Gasteiger partial charge < -0.3 is 35.2 Å². The summed E-state index contributed by atoms with van der Waals surface area (Å²) in [5, 5.41) is 11.2. The van der Waals surface area contributed by atoms with Crippen LogP contribution in [0.4, 0.5) is 17.1 Å². The standard InChI is InChI=1S/C53H61Cl2N6O10PS/c1-29(2)46(58-42(62)17-7-6-12-18-59-43(63)21-41(73-5)49(59)66)48(65)56-30(3)47(64)57-37-19-38-44(35-15-10-8-13-33(35)37)31(22-54)24-60(38)50(67)52-26-53(27-52,28-52)51(68)61-25-32(23-55)45-36-16-11-9-14-34(36)40(20-39(45)61)71-72(4,69)70/h8-11,13-16,19-20,29-32,41,46H,6-7,12,17-18,21-28H2,1-5H3,(H,56,65)(H,57,64)(H,58,62)(H,69,70). The quantitative estimate of drug-likeness (QED) is 0.0306. The van der Waals surface area contributed by atoms with Gasteiger partial charge in [-0.25, -0.2) is 4.57 Å². The highest BCUT2D eigenvalue weighted by Crippen LogP contribution is 2.75. The molecule has 4 fully saturated rings. The van der Waals surface area contributed by atoms with E-state index in [1.165, 1.54) is 16.7 Å². The summed E-state index contributed by atoms with van der Waals surface area (Å²) in [6.45, 7) is 7.22. The van der Waals surface area contributed by atoms with Gasteiger partial charge in [-0.15, -0.1) is 23.2 Å². The van der Waals surface area contributed by atoms with Crippen LogP contribution in [0.3, 0.4) is 0 Å². The molecule has 3 heterocycles. The van der Waals surface area contributed by atoms with Gasteiger partial charge in [0.05, 0.1) is 27.5 Å². The molecule has 3 aliphatic heterocycles. The zero-order valence-electron chi connectivity index (χ0n) is 41.5. The molecule has 0 radical (unpaired) electrons. The van der Waals surface area contributed by atoms with Crippen LogP contribution >= 0.6 is 42.6 Å². The number of rotatable bonds is 19. The normalized spacial score (nSPS) is 24.4. The number of unbranched alkanes of at least 4 members (excludes halogenated alkanes) is 2. The molecule has 0 spiro atoms. The third kappa shape index (κ3) is 9.73. The predicted octanol–water partition coefficient (Wildman–Crippen LogP) is 8.03. The number of halogens is 2. The van der Waals surface area contributed by atoms with Gasteiger partial charge in [0.1, 0.15) is 17.8 Å². The van der Waals surface area contributed by atoms with Gasteiger partial charge in [0.2, 0.25) is 41.4 Å². The summed E-state index contributed by atoms with van der Waals surface area (Å²) >= 11 is 14.5. The van der Waals surface area contributed by atoms with E-state index >= 15 is 0 Å². The van der Waals surface area contributed by atoms with Gasteiger partial charge in [0.25, 0.3) is 0 Å². The van der Waals surface area contributed by atoms with Crippen molar-refractivity contribution < 1.29 is 47.5 Å². The summed E-state index contributed by atoms with van der Waals surface area (Å²) in [6.07, 6.45) is 4.90. The molecule has 16 nitrogen and oxygen atoms in total. The molecule has 2 bridgehead atoms. The number of hydrogen-bond donors (Lipinski definition) is 4. The number of carbonyl (C=O) groups excluding carboxylic acids is 7. The number of fused-ring (bicyclic) bond motifs is 6. The second kappa shape index (κ2) is 20.5. The van der Waals surface area contributed by atoms with E-state index in [1.54, 1.807) is 42.7 Å². The molecular formula is C53H61Cl2N6O10PS. The van der Waals surface area contributed by atoms with Crippen molar-refractivity contribution in [2.75, 3.05) is 59.4 Å². The zero-order chi connectivity index (χ0) is 52.3. The van der Waals surface area contributed by atoms with Gasteiger partial charge in [0, 0.05) is 85.3 Å². The van der Waals surface area contributed by atoms with Crippen LogP contribution < -0.4 is 30.3 Å². The van der Waals surface area contributed by atoms with Gasteiger partial charge in [0.15, 0.2) is 0 Å². The van der Waals surface area contributed by atoms with Crippen molar-refractivity contribution in [1.82, 2.24) is 15.5 Å². The maximum atomic E-state index is 14.9. The van der Waals surface area contributed by atoms with E-state index < -0.39 is 42.3 Å².